The van der Waals surface area contributed by atoms with Gasteiger partial charge >= 0.3 is 6.18 Å². The number of hydrogen-bond acceptors (Lipinski definition) is 3. The van der Waals surface area contributed by atoms with E-state index in [0.717, 1.165) is 6.07 Å². The fourth-order valence-corrected chi connectivity index (χ4v) is 3.81. The summed E-state index contributed by atoms with van der Waals surface area (Å²) in [6.45, 7) is 0. The molecule has 3 heterocycles. The molecule has 0 spiro atoms. The van der Waals surface area contributed by atoms with Crippen LogP contribution in [0.1, 0.15) is 30.3 Å². The van der Waals surface area contributed by atoms with Crippen LogP contribution in [0.15, 0.2) is 30.5 Å². The normalized spacial score (nSPS) is 20.0. The summed E-state index contributed by atoms with van der Waals surface area (Å²) in [5, 5.41) is 7.77. The highest BCUT2D eigenvalue weighted by atomic mass is 35.5. The van der Waals surface area contributed by atoms with Crippen molar-refractivity contribution in [1.29, 1.82) is 0 Å². The summed E-state index contributed by atoms with van der Waals surface area (Å²) < 4.78 is 54.6. The Kier molecular flexibility index (Phi) is 3.67. The molecule has 0 atom stereocenters. The van der Waals surface area contributed by atoms with Gasteiger partial charge in [-0.3, -0.25) is 9.67 Å². The van der Waals surface area contributed by atoms with E-state index in [4.69, 9.17) is 11.6 Å². The molecule has 0 bridgehead atoms. The summed E-state index contributed by atoms with van der Waals surface area (Å²) in [5.74, 6) is 0.284. The first-order chi connectivity index (χ1) is 13.3. The third-order valence-corrected chi connectivity index (χ3v) is 5.31. The number of aromatic amines is 1. The van der Waals surface area contributed by atoms with E-state index >= 15 is 0 Å². The second-order valence-electron chi connectivity index (χ2n) is 6.87. The van der Waals surface area contributed by atoms with Crippen molar-refractivity contribution >= 4 is 33.7 Å². The Labute approximate surface area is 160 Å². The largest absolute Gasteiger partial charge is 0.433 e. The molecule has 4 aromatic rings. The average molecular weight is 410 g/mol. The average Bonchev–Trinajstić information content (AvgIpc) is 3.21. The van der Waals surface area contributed by atoms with Gasteiger partial charge in [0.15, 0.2) is 5.65 Å². The fraction of sp³-hybridized carbons (Fsp3) is 0.278. The van der Waals surface area contributed by atoms with Crippen LogP contribution in [0.3, 0.4) is 0 Å². The van der Waals surface area contributed by atoms with E-state index in [1.807, 2.05) is 0 Å². The number of H-pyrrole nitrogens is 1. The highest BCUT2D eigenvalue weighted by Gasteiger charge is 2.36. The van der Waals surface area contributed by atoms with Crippen molar-refractivity contribution in [2.75, 3.05) is 0 Å². The molecule has 1 saturated carbocycles. The van der Waals surface area contributed by atoms with E-state index < -0.39 is 18.0 Å². The number of fused-ring (bicyclic) bond motifs is 2. The first-order valence-electron chi connectivity index (χ1n) is 8.55. The second-order valence-corrected chi connectivity index (χ2v) is 7.28. The standard InChI is InChI=1S/C18H12ClF4N5/c19-12-6-11(5-9-7-24-27-15(9)12)28-16(8-3-10(20)4-8)25-13-1-2-14(18(21,22)23)26-17(13)28/h1-2,5-8,10H,3-4H2,(H,24,27). The predicted octanol–water partition coefficient (Wildman–Crippen LogP) is 5.18. The Morgan fingerprint density at radius 3 is 2.64 bits per heavy atom. The number of pyridine rings is 1. The molecule has 1 aliphatic carbocycles. The van der Waals surface area contributed by atoms with Gasteiger partial charge in [0.2, 0.25) is 0 Å². The molecule has 0 unspecified atom stereocenters. The summed E-state index contributed by atoms with van der Waals surface area (Å²) in [4.78, 5) is 8.28. The molecule has 28 heavy (non-hydrogen) atoms. The molecule has 0 amide bonds. The van der Waals surface area contributed by atoms with E-state index in [1.54, 1.807) is 22.9 Å². The zero-order valence-electron chi connectivity index (χ0n) is 14.1. The van der Waals surface area contributed by atoms with Crippen LogP contribution in [0.4, 0.5) is 17.6 Å². The van der Waals surface area contributed by atoms with Gasteiger partial charge < -0.3 is 0 Å². The van der Waals surface area contributed by atoms with Crippen LogP contribution in [-0.4, -0.2) is 30.9 Å². The van der Waals surface area contributed by atoms with E-state index in [0.29, 0.717) is 33.0 Å². The molecule has 5 rings (SSSR count). The van der Waals surface area contributed by atoms with E-state index in [1.165, 1.54) is 6.07 Å². The lowest BCUT2D eigenvalue weighted by Crippen LogP contribution is -2.25. The highest BCUT2D eigenvalue weighted by molar-refractivity contribution is 6.35. The lowest BCUT2D eigenvalue weighted by atomic mass is 9.83. The Balaban J connectivity index is 1.79. The summed E-state index contributed by atoms with van der Waals surface area (Å²) in [7, 11) is 0. The number of benzene rings is 1. The van der Waals surface area contributed by atoms with Crippen molar-refractivity contribution in [2.24, 2.45) is 0 Å². The molecular formula is C18H12ClF4N5. The first-order valence-corrected chi connectivity index (χ1v) is 8.92. The number of imidazole rings is 1. The Morgan fingerprint density at radius 1 is 1.14 bits per heavy atom. The van der Waals surface area contributed by atoms with Crippen LogP contribution in [-0.2, 0) is 6.18 Å². The van der Waals surface area contributed by atoms with Gasteiger partial charge in [-0.1, -0.05) is 11.6 Å². The van der Waals surface area contributed by atoms with Gasteiger partial charge in [-0.05, 0) is 37.1 Å². The Bertz CT molecular complexity index is 1210. The van der Waals surface area contributed by atoms with Crippen molar-refractivity contribution in [3.8, 4) is 5.69 Å². The monoisotopic (exact) mass is 409 g/mol. The summed E-state index contributed by atoms with van der Waals surface area (Å²) in [6.07, 6.45) is -3.40. The van der Waals surface area contributed by atoms with E-state index in [9.17, 15) is 17.6 Å². The number of aromatic nitrogens is 5. The van der Waals surface area contributed by atoms with Gasteiger partial charge in [0, 0.05) is 11.3 Å². The van der Waals surface area contributed by atoms with Crippen LogP contribution >= 0.6 is 11.6 Å². The minimum Gasteiger partial charge on any atom is -0.280 e. The Morgan fingerprint density at radius 2 is 1.93 bits per heavy atom. The van der Waals surface area contributed by atoms with E-state index in [2.05, 4.69) is 20.2 Å². The van der Waals surface area contributed by atoms with E-state index in [-0.39, 0.29) is 24.4 Å². The Hall–Kier alpha value is -2.68. The quantitative estimate of drug-likeness (QED) is 0.464. The van der Waals surface area contributed by atoms with Crippen molar-refractivity contribution < 1.29 is 17.6 Å². The minimum absolute atomic E-state index is 0.0612. The third-order valence-electron chi connectivity index (χ3n) is 5.01. The summed E-state index contributed by atoms with van der Waals surface area (Å²) >= 11 is 6.31. The van der Waals surface area contributed by atoms with Gasteiger partial charge in [-0.15, -0.1) is 0 Å². The van der Waals surface area contributed by atoms with Gasteiger partial charge in [0.25, 0.3) is 0 Å². The number of rotatable bonds is 2. The zero-order valence-corrected chi connectivity index (χ0v) is 14.9. The molecule has 1 fully saturated rings. The van der Waals surface area contributed by atoms with Crippen molar-refractivity contribution in [3.63, 3.8) is 0 Å². The van der Waals surface area contributed by atoms with Gasteiger partial charge in [-0.2, -0.15) is 18.3 Å². The first kappa shape index (κ1) is 17.4. The molecule has 0 saturated heterocycles. The molecule has 144 valence electrons. The molecule has 5 nitrogen and oxygen atoms in total. The maximum absolute atomic E-state index is 13.5. The molecular weight excluding hydrogens is 398 g/mol. The lowest BCUT2D eigenvalue weighted by Gasteiger charge is -2.29. The zero-order chi connectivity index (χ0) is 19.6. The SMILES string of the molecule is FC1CC(c2nc3ccc(C(F)(F)F)nc3n2-c2cc(Cl)c3[nH]ncc3c2)C1. The third kappa shape index (κ3) is 2.64. The van der Waals surface area contributed by atoms with Gasteiger partial charge in [-0.25, -0.2) is 14.4 Å². The molecule has 3 aromatic heterocycles. The highest BCUT2D eigenvalue weighted by Crippen LogP contribution is 2.41. The molecule has 1 aromatic carbocycles. The van der Waals surface area contributed by atoms with Crippen molar-refractivity contribution in [1.82, 2.24) is 24.7 Å². The topological polar surface area (TPSA) is 59.4 Å². The number of nitrogens with zero attached hydrogens (tertiary/aromatic N) is 4. The summed E-state index contributed by atoms with van der Waals surface area (Å²) in [6, 6.07) is 5.53. The molecule has 0 radical (unpaired) electrons. The number of nitrogens with one attached hydrogen (secondary N) is 1. The van der Waals surface area contributed by atoms with Crippen LogP contribution in [0.2, 0.25) is 5.02 Å². The van der Waals surface area contributed by atoms with Crippen LogP contribution in [0, 0.1) is 0 Å². The number of hydrogen-bond donors (Lipinski definition) is 1. The predicted molar refractivity (Wildman–Crippen MR) is 95.4 cm³/mol. The van der Waals surface area contributed by atoms with Crippen LogP contribution < -0.4 is 0 Å². The molecule has 10 heteroatoms. The van der Waals surface area contributed by atoms with Crippen molar-refractivity contribution in [2.45, 2.75) is 31.1 Å². The molecule has 0 aliphatic heterocycles. The smallest absolute Gasteiger partial charge is 0.280 e. The number of alkyl halides is 4. The maximum atomic E-state index is 13.5. The second kappa shape index (κ2) is 5.91. The maximum Gasteiger partial charge on any atom is 0.433 e. The summed E-state index contributed by atoms with van der Waals surface area (Å²) in [5.41, 5.74) is 0.484. The van der Waals surface area contributed by atoms with Crippen LogP contribution in [0.25, 0.3) is 27.8 Å². The number of halogens is 5. The minimum atomic E-state index is -4.59. The van der Waals surface area contributed by atoms with Gasteiger partial charge in [0.05, 0.1) is 22.4 Å². The molecule has 1 aliphatic rings. The lowest BCUT2D eigenvalue weighted by molar-refractivity contribution is -0.141. The van der Waals surface area contributed by atoms with Crippen LogP contribution in [0.5, 0.6) is 0 Å². The molecule has 1 N–H and O–H groups in total. The fourth-order valence-electron chi connectivity index (χ4n) is 3.55. The van der Waals surface area contributed by atoms with Crippen molar-refractivity contribution in [3.05, 3.63) is 47.0 Å². The van der Waals surface area contributed by atoms with Gasteiger partial charge in [0.1, 0.15) is 23.2 Å².